The second-order valence-corrected chi connectivity index (χ2v) is 4.19. The molecule has 0 rings (SSSR count). The van der Waals surface area contributed by atoms with Crippen molar-refractivity contribution < 1.29 is 9.53 Å². The first-order valence-corrected chi connectivity index (χ1v) is 4.83. The number of rotatable bonds is 5. The minimum atomic E-state index is -0.126. The van der Waals surface area contributed by atoms with Crippen LogP contribution in [0.2, 0.25) is 0 Å². The fraction of sp³-hybridized carbons (Fsp3) is 0.889. The quantitative estimate of drug-likeness (QED) is 0.532. The summed E-state index contributed by atoms with van der Waals surface area (Å²) >= 11 is 4.13. The zero-order valence-corrected chi connectivity index (χ0v) is 8.99. The van der Waals surface area contributed by atoms with E-state index in [1.807, 2.05) is 0 Å². The van der Waals surface area contributed by atoms with Crippen molar-refractivity contribution in [2.24, 2.45) is 5.41 Å². The molecule has 0 aliphatic rings. The predicted octanol–water partition coefficient (Wildman–Crippen LogP) is 2.29. The van der Waals surface area contributed by atoms with Gasteiger partial charge in [-0.05, 0) is 24.0 Å². The van der Waals surface area contributed by atoms with E-state index < -0.39 is 0 Å². The summed E-state index contributed by atoms with van der Waals surface area (Å²) in [5.74, 6) is 0.754. The van der Waals surface area contributed by atoms with Crippen molar-refractivity contribution in [3.05, 3.63) is 0 Å². The van der Waals surface area contributed by atoms with E-state index in [0.717, 1.165) is 18.6 Å². The van der Waals surface area contributed by atoms with Gasteiger partial charge in [0.15, 0.2) is 0 Å². The van der Waals surface area contributed by atoms with Gasteiger partial charge in [-0.3, -0.25) is 4.79 Å². The molecule has 12 heavy (non-hydrogen) atoms. The van der Waals surface area contributed by atoms with Gasteiger partial charge in [0.2, 0.25) is 0 Å². The third-order valence-corrected chi connectivity index (χ3v) is 2.18. The molecule has 0 N–H and O–H groups in total. The minimum Gasteiger partial charge on any atom is -0.469 e. The van der Waals surface area contributed by atoms with E-state index in [2.05, 4.69) is 31.2 Å². The van der Waals surface area contributed by atoms with Gasteiger partial charge in [-0.1, -0.05) is 13.8 Å². The summed E-state index contributed by atoms with van der Waals surface area (Å²) in [6, 6.07) is 0. The van der Waals surface area contributed by atoms with E-state index in [9.17, 15) is 4.79 Å². The Bertz CT molecular complexity index is 143. The minimum absolute atomic E-state index is 0.0514. The van der Waals surface area contributed by atoms with Crippen molar-refractivity contribution in [1.29, 1.82) is 0 Å². The number of ether oxygens (including phenoxy) is 1. The monoisotopic (exact) mass is 190 g/mol. The van der Waals surface area contributed by atoms with Gasteiger partial charge in [0.1, 0.15) is 0 Å². The highest BCUT2D eigenvalue weighted by Gasteiger charge is 2.21. The maximum atomic E-state index is 10.9. The van der Waals surface area contributed by atoms with Gasteiger partial charge < -0.3 is 4.74 Å². The van der Waals surface area contributed by atoms with Gasteiger partial charge in [0.05, 0.1) is 13.5 Å². The zero-order valence-electron chi connectivity index (χ0n) is 8.09. The van der Waals surface area contributed by atoms with Crippen LogP contribution < -0.4 is 0 Å². The summed E-state index contributed by atoms with van der Waals surface area (Å²) in [5, 5.41) is 0. The topological polar surface area (TPSA) is 26.3 Å². The Balaban J connectivity index is 3.77. The molecule has 0 aliphatic heterocycles. The molecule has 0 aromatic rings. The molecule has 0 heterocycles. The lowest BCUT2D eigenvalue weighted by Gasteiger charge is -2.22. The molecule has 0 aromatic heterocycles. The van der Waals surface area contributed by atoms with Gasteiger partial charge >= 0.3 is 5.97 Å². The van der Waals surface area contributed by atoms with E-state index in [0.29, 0.717) is 6.42 Å². The van der Waals surface area contributed by atoms with Crippen molar-refractivity contribution in [3.63, 3.8) is 0 Å². The second-order valence-electron chi connectivity index (χ2n) is 3.74. The van der Waals surface area contributed by atoms with E-state index in [1.165, 1.54) is 7.11 Å². The number of esters is 1. The third-order valence-electron chi connectivity index (χ3n) is 1.86. The summed E-state index contributed by atoms with van der Waals surface area (Å²) in [4.78, 5) is 10.9. The average Bonchev–Trinajstić information content (AvgIpc) is 2.00. The fourth-order valence-corrected chi connectivity index (χ4v) is 1.27. The van der Waals surface area contributed by atoms with E-state index >= 15 is 0 Å². The highest BCUT2D eigenvalue weighted by molar-refractivity contribution is 7.80. The van der Waals surface area contributed by atoms with Crippen LogP contribution in [0.15, 0.2) is 0 Å². The molecule has 0 fully saturated rings. The number of thiol groups is 1. The maximum absolute atomic E-state index is 10.9. The summed E-state index contributed by atoms with van der Waals surface area (Å²) in [6.45, 7) is 4.15. The van der Waals surface area contributed by atoms with Crippen LogP contribution in [-0.2, 0) is 9.53 Å². The van der Waals surface area contributed by atoms with Crippen LogP contribution in [0.25, 0.3) is 0 Å². The second kappa shape index (κ2) is 5.46. The number of methoxy groups -OCH3 is 1. The highest BCUT2D eigenvalue weighted by Crippen LogP contribution is 2.27. The van der Waals surface area contributed by atoms with Crippen LogP contribution in [0.4, 0.5) is 0 Å². The Morgan fingerprint density at radius 3 is 2.50 bits per heavy atom. The summed E-state index contributed by atoms with van der Waals surface area (Å²) in [5.41, 5.74) is 0.0514. The molecule has 0 radical (unpaired) electrons. The van der Waals surface area contributed by atoms with Gasteiger partial charge in [0, 0.05) is 0 Å². The standard InChI is InChI=1S/C9H18O2S/c1-9(2,5-4-6-12)7-8(10)11-3/h12H,4-7H2,1-3H3. The van der Waals surface area contributed by atoms with Crippen LogP contribution in [-0.4, -0.2) is 18.8 Å². The Labute approximate surface area is 80.1 Å². The molecular formula is C9H18O2S. The van der Waals surface area contributed by atoms with Gasteiger partial charge in [-0.15, -0.1) is 0 Å². The van der Waals surface area contributed by atoms with Crippen molar-refractivity contribution >= 4 is 18.6 Å². The van der Waals surface area contributed by atoms with Crippen LogP contribution >= 0.6 is 12.6 Å². The Hall–Kier alpha value is -0.180. The highest BCUT2D eigenvalue weighted by atomic mass is 32.1. The Morgan fingerprint density at radius 2 is 2.08 bits per heavy atom. The SMILES string of the molecule is COC(=O)CC(C)(C)CCCS. The molecule has 0 aromatic carbocycles. The smallest absolute Gasteiger partial charge is 0.306 e. The van der Waals surface area contributed by atoms with E-state index in [1.54, 1.807) is 0 Å². The predicted molar refractivity (Wildman–Crippen MR) is 53.5 cm³/mol. The third kappa shape index (κ3) is 5.47. The van der Waals surface area contributed by atoms with Crippen LogP contribution in [0.1, 0.15) is 33.1 Å². The lowest BCUT2D eigenvalue weighted by Crippen LogP contribution is -2.18. The molecule has 0 aliphatic carbocycles. The molecule has 0 bridgehead atoms. The van der Waals surface area contributed by atoms with Gasteiger partial charge in [-0.25, -0.2) is 0 Å². The Kier molecular flexibility index (Phi) is 5.38. The summed E-state index contributed by atoms with van der Waals surface area (Å²) in [6.07, 6.45) is 2.57. The summed E-state index contributed by atoms with van der Waals surface area (Å²) in [7, 11) is 1.43. The van der Waals surface area contributed by atoms with Gasteiger partial charge in [0.25, 0.3) is 0 Å². The van der Waals surface area contributed by atoms with Crippen LogP contribution in [0.5, 0.6) is 0 Å². The molecular weight excluding hydrogens is 172 g/mol. The van der Waals surface area contributed by atoms with Crippen LogP contribution in [0, 0.1) is 5.41 Å². The lowest BCUT2D eigenvalue weighted by molar-refractivity contribution is -0.143. The molecule has 0 saturated carbocycles. The molecule has 2 nitrogen and oxygen atoms in total. The van der Waals surface area contributed by atoms with Crippen molar-refractivity contribution in [3.8, 4) is 0 Å². The molecule has 0 amide bonds. The lowest BCUT2D eigenvalue weighted by atomic mass is 9.85. The first kappa shape index (κ1) is 11.8. The fourth-order valence-electron chi connectivity index (χ4n) is 1.11. The Morgan fingerprint density at radius 1 is 1.50 bits per heavy atom. The van der Waals surface area contributed by atoms with E-state index in [4.69, 9.17) is 0 Å². The van der Waals surface area contributed by atoms with Crippen molar-refractivity contribution in [1.82, 2.24) is 0 Å². The van der Waals surface area contributed by atoms with E-state index in [-0.39, 0.29) is 11.4 Å². The van der Waals surface area contributed by atoms with Crippen molar-refractivity contribution in [2.75, 3.05) is 12.9 Å². The zero-order chi connectivity index (χ0) is 9.61. The summed E-state index contributed by atoms with van der Waals surface area (Å²) < 4.78 is 4.61. The maximum Gasteiger partial charge on any atom is 0.306 e. The van der Waals surface area contributed by atoms with Crippen LogP contribution in [0.3, 0.4) is 0 Å². The number of hydrogen-bond donors (Lipinski definition) is 1. The average molecular weight is 190 g/mol. The molecule has 0 unspecified atom stereocenters. The molecule has 0 spiro atoms. The molecule has 72 valence electrons. The van der Waals surface area contributed by atoms with Gasteiger partial charge in [-0.2, -0.15) is 12.6 Å². The molecule has 3 heteroatoms. The van der Waals surface area contributed by atoms with Crippen molar-refractivity contribution in [2.45, 2.75) is 33.1 Å². The first-order valence-electron chi connectivity index (χ1n) is 4.19. The first-order chi connectivity index (χ1) is 5.52. The number of carbonyl (C=O) groups is 1. The molecule has 0 atom stereocenters. The molecule has 0 saturated heterocycles. The normalized spacial score (nSPS) is 11.3. The number of hydrogen-bond acceptors (Lipinski definition) is 3. The largest absolute Gasteiger partial charge is 0.469 e. The number of carbonyl (C=O) groups excluding carboxylic acids is 1.